The van der Waals surface area contributed by atoms with Gasteiger partial charge < -0.3 is 4.90 Å². The summed E-state index contributed by atoms with van der Waals surface area (Å²) in [5.74, 6) is -2.87. The molecule has 0 saturated carbocycles. The Morgan fingerprint density at radius 3 is 2.70 bits per heavy atom. The molecule has 0 saturated heterocycles. The zero-order valence-corrected chi connectivity index (χ0v) is 19.4. The first-order chi connectivity index (χ1) is 14.2. The topological polar surface area (TPSA) is 20.3 Å². The van der Waals surface area contributed by atoms with Crippen molar-refractivity contribution in [2.24, 2.45) is 0 Å². The standard InChI is InChI=1S/C24H29F2NOS2/c1-4-5-6-7-13-27(3)23(29)30-22(17-28)15-18-11-12-20(14-18)19-9-8-10-21(16-19)24(2,25)26/h8-12,15-17H,4-7,13-14H2,1-3H3/b22-15+. The summed E-state index contributed by atoms with van der Waals surface area (Å²) in [5, 5.41) is 0. The molecule has 1 aromatic carbocycles. The van der Waals surface area contributed by atoms with Crippen LogP contribution in [0.15, 0.2) is 53.0 Å². The highest BCUT2D eigenvalue weighted by Gasteiger charge is 2.24. The van der Waals surface area contributed by atoms with E-state index in [0.29, 0.717) is 15.6 Å². The molecule has 0 radical (unpaired) electrons. The molecule has 0 spiro atoms. The van der Waals surface area contributed by atoms with Crippen molar-refractivity contribution in [3.8, 4) is 0 Å². The lowest BCUT2D eigenvalue weighted by Gasteiger charge is -2.19. The number of hydrogen-bond acceptors (Lipinski definition) is 3. The number of nitrogens with zero attached hydrogens (tertiary/aromatic N) is 1. The Morgan fingerprint density at radius 1 is 1.27 bits per heavy atom. The predicted molar refractivity (Wildman–Crippen MR) is 128 cm³/mol. The molecule has 0 bridgehead atoms. The van der Waals surface area contributed by atoms with E-state index in [4.69, 9.17) is 12.2 Å². The van der Waals surface area contributed by atoms with E-state index >= 15 is 0 Å². The minimum absolute atomic E-state index is 0.00125. The number of halogens is 2. The summed E-state index contributed by atoms with van der Waals surface area (Å²) in [6.45, 7) is 3.96. The lowest BCUT2D eigenvalue weighted by atomic mass is 9.99. The summed E-state index contributed by atoms with van der Waals surface area (Å²) in [6, 6.07) is 6.45. The highest BCUT2D eigenvalue weighted by molar-refractivity contribution is 8.25. The van der Waals surface area contributed by atoms with Crippen LogP contribution in [0, 0.1) is 0 Å². The minimum atomic E-state index is -2.87. The first-order valence-electron chi connectivity index (χ1n) is 10.2. The van der Waals surface area contributed by atoms with Crippen molar-refractivity contribution in [1.82, 2.24) is 4.90 Å². The molecule has 2 nitrogen and oxygen atoms in total. The van der Waals surface area contributed by atoms with Crippen molar-refractivity contribution in [3.05, 3.63) is 64.1 Å². The summed E-state index contributed by atoms with van der Waals surface area (Å²) < 4.78 is 27.9. The molecule has 2 rings (SSSR count). The molecule has 0 fully saturated rings. The molecular formula is C24H29F2NOS2. The maximum Gasteiger partial charge on any atom is 0.270 e. The summed E-state index contributed by atoms with van der Waals surface area (Å²) in [7, 11) is 1.95. The Labute approximate surface area is 188 Å². The van der Waals surface area contributed by atoms with E-state index in [1.807, 2.05) is 36.2 Å². The second-order valence-corrected chi connectivity index (χ2v) is 9.30. The molecular weight excluding hydrogens is 420 g/mol. The molecule has 1 aliphatic carbocycles. The highest BCUT2D eigenvalue weighted by Crippen LogP contribution is 2.34. The van der Waals surface area contributed by atoms with Gasteiger partial charge in [-0.1, -0.05) is 80.5 Å². The molecule has 0 aliphatic heterocycles. The number of carbonyl (C=O) groups is 1. The van der Waals surface area contributed by atoms with Gasteiger partial charge in [-0.3, -0.25) is 4.79 Å². The number of benzene rings is 1. The molecule has 0 unspecified atom stereocenters. The quantitative estimate of drug-likeness (QED) is 0.164. The van der Waals surface area contributed by atoms with Gasteiger partial charge in [0.25, 0.3) is 5.92 Å². The van der Waals surface area contributed by atoms with Gasteiger partial charge in [0.15, 0.2) is 6.29 Å². The van der Waals surface area contributed by atoms with Gasteiger partial charge in [-0.2, -0.15) is 0 Å². The van der Waals surface area contributed by atoms with Crippen molar-refractivity contribution < 1.29 is 13.6 Å². The van der Waals surface area contributed by atoms with E-state index in [9.17, 15) is 13.6 Å². The van der Waals surface area contributed by atoms with Crippen molar-refractivity contribution in [2.45, 2.75) is 51.9 Å². The molecule has 162 valence electrons. The minimum Gasteiger partial charge on any atom is -0.360 e. The van der Waals surface area contributed by atoms with Crippen molar-refractivity contribution in [3.63, 3.8) is 0 Å². The van der Waals surface area contributed by atoms with E-state index in [-0.39, 0.29) is 5.56 Å². The third-order valence-corrected chi connectivity index (χ3v) is 6.44. The first kappa shape index (κ1) is 24.5. The normalized spacial score (nSPS) is 14.4. The maximum atomic E-state index is 13.6. The number of rotatable bonds is 10. The predicted octanol–water partition coefficient (Wildman–Crippen LogP) is 7.12. The van der Waals surface area contributed by atoms with Gasteiger partial charge >= 0.3 is 0 Å². The van der Waals surface area contributed by atoms with Gasteiger partial charge in [-0.05, 0) is 41.7 Å². The van der Waals surface area contributed by atoms with Crippen LogP contribution in [0.4, 0.5) is 8.78 Å². The molecule has 0 aromatic heterocycles. The lowest BCUT2D eigenvalue weighted by molar-refractivity contribution is -0.104. The Kier molecular flexibility index (Phi) is 9.43. The molecule has 1 aromatic rings. The summed E-state index contributed by atoms with van der Waals surface area (Å²) in [4.78, 5) is 14.1. The van der Waals surface area contributed by atoms with E-state index in [0.717, 1.165) is 42.9 Å². The van der Waals surface area contributed by atoms with Gasteiger partial charge in [-0.15, -0.1) is 0 Å². The number of aldehydes is 1. The van der Waals surface area contributed by atoms with E-state index < -0.39 is 5.92 Å². The van der Waals surface area contributed by atoms with Crippen LogP contribution < -0.4 is 0 Å². The molecule has 0 amide bonds. The summed E-state index contributed by atoms with van der Waals surface area (Å²) >= 11 is 6.77. The van der Waals surface area contributed by atoms with Gasteiger partial charge in [0.05, 0.1) is 4.91 Å². The highest BCUT2D eigenvalue weighted by atomic mass is 32.2. The fraction of sp³-hybridized carbons (Fsp3) is 0.417. The Hall–Kier alpha value is -1.79. The fourth-order valence-corrected chi connectivity index (χ4v) is 4.24. The van der Waals surface area contributed by atoms with Crippen LogP contribution in [0.5, 0.6) is 0 Å². The molecule has 6 heteroatoms. The third-order valence-electron chi connectivity index (χ3n) is 4.94. The van der Waals surface area contributed by atoms with Crippen LogP contribution in [0.25, 0.3) is 5.57 Å². The van der Waals surface area contributed by atoms with Gasteiger partial charge in [-0.25, -0.2) is 8.78 Å². The summed E-state index contributed by atoms with van der Waals surface area (Å²) in [6.07, 6.45) is 11.8. The summed E-state index contributed by atoms with van der Waals surface area (Å²) in [5.41, 5.74) is 2.69. The van der Waals surface area contributed by atoms with E-state index in [2.05, 4.69) is 6.92 Å². The smallest absolute Gasteiger partial charge is 0.270 e. The van der Waals surface area contributed by atoms with Crippen LogP contribution >= 0.6 is 24.0 Å². The van der Waals surface area contributed by atoms with Crippen LogP contribution in [-0.4, -0.2) is 29.1 Å². The van der Waals surface area contributed by atoms with Gasteiger partial charge in [0, 0.05) is 26.1 Å². The van der Waals surface area contributed by atoms with Crippen LogP contribution in [0.2, 0.25) is 0 Å². The van der Waals surface area contributed by atoms with Crippen molar-refractivity contribution >= 4 is 40.2 Å². The van der Waals surface area contributed by atoms with Crippen molar-refractivity contribution in [1.29, 1.82) is 0 Å². The van der Waals surface area contributed by atoms with Crippen LogP contribution in [-0.2, 0) is 10.7 Å². The average molecular weight is 450 g/mol. The molecule has 1 aliphatic rings. The number of hydrogen-bond donors (Lipinski definition) is 0. The number of thioether (sulfide) groups is 1. The number of allylic oxidation sites excluding steroid dienone is 6. The number of unbranched alkanes of at least 4 members (excludes halogenated alkanes) is 3. The monoisotopic (exact) mass is 449 g/mol. The Balaban J connectivity index is 1.96. The number of thiocarbonyl (C=S) groups is 1. The number of carbonyl (C=O) groups excluding carboxylic acids is 1. The zero-order chi connectivity index (χ0) is 22.1. The maximum absolute atomic E-state index is 13.6. The average Bonchev–Trinajstić information content (AvgIpc) is 3.18. The molecule has 0 heterocycles. The van der Waals surface area contributed by atoms with E-state index in [1.165, 1.54) is 43.2 Å². The fourth-order valence-electron chi connectivity index (χ4n) is 3.15. The van der Waals surface area contributed by atoms with Crippen LogP contribution in [0.1, 0.15) is 57.1 Å². The first-order valence-corrected chi connectivity index (χ1v) is 11.5. The van der Waals surface area contributed by atoms with Gasteiger partial charge in [0.2, 0.25) is 0 Å². The Bertz CT molecular complexity index is 853. The van der Waals surface area contributed by atoms with Crippen LogP contribution in [0.3, 0.4) is 0 Å². The second-order valence-electron chi connectivity index (χ2n) is 7.59. The van der Waals surface area contributed by atoms with E-state index in [1.54, 1.807) is 6.07 Å². The van der Waals surface area contributed by atoms with Crippen molar-refractivity contribution in [2.75, 3.05) is 13.6 Å². The largest absolute Gasteiger partial charge is 0.360 e. The third kappa shape index (κ3) is 7.47. The lowest BCUT2D eigenvalue weighted by Crippen LogP contribution is -2.23. The number of alkyl halides is 2. The van der Waals surface area contributed by atoms with Gasteiger partial charge in [0.1, 0.15) is 4.32 Å². The SMILES string of the molecule is CCCCCCN(C)C(=S)S/C(C=O)=C/C1=CC=C(c2cccc(C(C)(F)F)c2)C1. The second kappa shape index (κ2) is 11.6. The molecule has 30 heavy (non-hydrogen) atoms. The Morgan fingerprint density at radius 2 is 2.03 bits per heavy atom. The molecule has 0 N–H and O–H groups in total. The zero-order valence-electron chi connectivity index (χ0n) is 17.8. The molecule has 0 atom stereocenters.